The minimum absolute atomic E-state index is 0.332. The molecule has 0 spiro atoms. The summed E-state index contributed by atoms with van der Waals surface area (Å²) in [5.41, 5.74) is 2.26. The number of nitrogens with zero attached hydrogens (tertiary/aromatic N) is 1. The second-order valence-corrected chi connectivity index (χ2v) is 5.06. The van der Waals surface area contributed by atoms with Crippen molar-refractivity contribution in [2.45, 2.75) is 46.1 Å². The minimum Gasteiger partial charge on any atom is -0.388 e. The monoisotopic (exact) mass is 249 g/mol. The normalized spacial score (nSPS) is 12.9. The smallest absolute Gasteiger partial charge is 0.0802 e. The summed E-state index contributed by atoms with van der Waals surface area (Å²) in [4.78, 5) is 2.44. The van der Waals surface area contributed by atoms with E-state index in [2.05, 4.69) is 37.8 Å². The molecule has 1 aromatic carbocycles. The van der Waals surface area contributed by atoms with Crippen LogP contribution >= 0.6 is 0 Å². The molecule has 0 amide bonds. The summed E-state index contributed by atoms with van der Waals surface area (Å²) >= 11 is 0. The van der Waals surface area contributed by atoms with E-state index >= 15 is 0 Å². The van der Waals surface area contributed by atoms with Gasteiger partial charge in [0, 0.05) is 6.54 Å². The summed E-state index contributed by atoms with van der Waals surface area (Å²) in [5.74, 6) is 0. The highest BCUT2D eigenvalue weighted by atomic mass is 16.3. The number of hydrogen-bond donors (Lipinski definition) is 1. The van der Waals surface area contributed by atoms with Crippen LogP contribution in [0.25, 0.3) is 0 Å². The maximum absolute atomic E-state index is 10.2. The van der Waals surface area contributed by atoms with Crippen LogP contribution in [0.1, 0.15) is 50.3 Å². The molecule has 1 aromatic rings. The molecule has 0 aliphatic heterocycles. The lowest BCUT2D eigenvalue weighted by molar-refractivity contribution is 0.141. The summed E-state index contributed by atoms with van der Waals surface area (Å²) in [6, 6.07) is 8.18. The fourth-order valence-electron chi connectivity index (χ4n) is 2.32. The van der Waals surface area contributed by atoms with E-state index in [-0.39, 0.29) is 6.10 Å². The number of rotatable bonds is 8. The van der Waals surface area contributed by atoms with E-state index in [1.54, 1.807) is 0 Å². The maximum atomic E-state index is 10.2. The highest BCUT2D eigenvalue weighted by molar-refractivity contribution is 5.23. The molecule has 0 bridgehead atoms. The van der Waals surface area contributed by atoms with Crippen molar-refractivity contribution in [1.29, 1.82) is 0 Å². The van der Waals surface area contributed by atoms with Crippen LogP contribution in [0.5, 0.6) is 0 Å². The van der Waals surface area contributed by atoms with Crippen LogP contribution in [0, 0.1) is 6.92 Å². The van der Waals surface area contributed by atoms with Gasteiger partial charge in [-0.1, -0.05) is 43.7 Å². The maximum Gasteiger partial charge on any atom is 0.0802 e. The van der Waals surface area contributed by atoms with Crippen molar-refractivity contribution in [2.24, 2.45) is 0 Å². The van der Waals surface area contributed by atoms with Gasteiger partial charge in [-0.05, 0) is 44.8 Å². The van der Waals surface area contributed by atoms with E-state index in [4.69, 9.17) is 0 Å². The van der Waals surface area contributed by atoms with Crippen molar-refractivity contribution < 1.29 is 5.11 Å². The van der Waals surface area contributed by atoms with Crippen LogP contribution in [0.4, 0.5) is 0 Å². The van der Waals surface area contributed by atoms with Gasteiger partial charge in [-0.3, -0.25) is 0 Å². The molecule has 1 unspecified atom stereocenters. The molecule has 0 aromatic heterocycles. The Morgan fingerprint density at radius 1 is 1.11 bits per heavy atom. The van der Waals surface area contributed by atoms with E-state index in [0.717, 1.165) is 31.6 Å². The van der Waals surface area contributed by atoms with Gasteiger partial charge < -0.3 is 10.0 Å². The third-order valence-corrected chi connectivity index (χ3v) is 3.23. The first-order valence-corrected chi connectivity index (χ1v) is 7.14. The number of aliphatic hydroxyl groups excluding tert-OH is 1. The third kappa shape index (κ3) is 5.19. The number of benzene rings is 1. The van der Waals surface area contributed by atoms with Crippen LogP contribution in [-0.2, 0) is 0 Å². The van der Waals surface area contributed by atoms with Gasteiger partial charge in [0.15, 0.2) is 0 Å². The Kier molecular flexibility index (Phi) is 6.99. The molecular weight excluding hydrogens is 222 g/mol. The third-order valence-electron chi connectivity index (χ3n) is 3.23. The molecule has 0 radical (unpaired) electrons. The first kappa shape index (κ1) is 15.2. The Morgan fingerprint density at radius 3 is 2.33 bits per heavy atom. The van der Waals surface area contributed by atoms with Crippen molar-refractivity contribution in [2.75, 3.05) is 19.6 Å². The molecule has 0 aliphatic carbocycles. The Balaban J connectivity index is 2.46. The minimum atomic E-state index is -0.332. The summed E-state index contributed by atoms with van der Waals surface area (Å²) < 4.78 is 0. The van der Waals surface area contributed by atoms with E-state index in [0.29, 0.717) is 0 Å². The van der Waals surface area contributed by atoms with Gasteiger partial charge in [-0.2, -0.15) is 0 Å². The zero-order valence-corrected chi connectivity index (χ0v) is 12.0. The average Bonchev–Trinajstić information content (AvgIpc) is 2.36. The zero-order valence-electron chi connectivity index (χ0n) is 12.0. The zero-order chi connectivity index (χ0) is 13.4. The topological polar surface area (TPSA) is 23.5 Å². The van der Waals surface area contributed by atoms with Crippen LogP contribution in [-0.4, -0.2) is 29.6 Å². The van der Waals surface area contributed by atoms with Crippen molar-refractivity contribution in [3.8, 4) is 0 Å². The molecule has 102 valence electrons. The largest absolute Gasteiger partial charge is 0.388 e. The van der Waals surface area contributed by atoms with Crippen LogP contribution in [0.2, 0.25) is 0 Å². The number of aryl methyl sites for hydroxylation is 1. The molecule has 0 saturated carbocycles. The van der Waals surface area contributed by atoms with Gasteiger partial charge >= 0.3 is 0 Å². The number of aliphatic hydroxyl groups is 1. The molecule has 1 N–H and O–H groups in total. The lowest BCUT2D eigenvalue weighted by atomic mass is 10.0. The molecule has 0 aliphatic rings. The molecule has 2 heteroatoms. The van der Waals surface area contributed by atoms with E-state index < -0.39 is 0 Å². The SMILES string of the molecule is CCCN(CCC)CCC(O)c1cccc(C)c1. The van der Waals surface area contributed by atoms with Gasteiger partial charge in [0.25, 0.3) is 0 Å². The summed E-state index contributed by atoms with van der Waals surface area (Å²) in [7, 11) is 0. The lowest BCUT2D eigenvalue weighted by Gasteiger charge is -2.22. The van der Waals surface area contributed by atoms with Crippen LogP contribution in [0.15, 0.2) is 24.3 Å². The van der Waals surface area contributed by atoms with Crippen molar-refractivity contribution in [1.82, 2.24) is 4.90 Å². The molecule has 0 saturated heterocycles. The van der Waals surface area contributed by atoms with Crippen molar-refractivity contribution in [3.63, 3.8) is 0 Å². The Hall–Kier alpha value is -0.860. The lowest BCUT2D eigenvalue weighted by Crippen LogP contribution is -2.27. The second kappa shape index (κ2) is 8.28. The van der Waals surface area contributed by atoms with Gasteiger partial charge in [0.05, 0.1) is 6.10 Å². The Morgan fingerprint density at radius 2 is 1.78 bits per heavy atom. The predicted molar refractivity (Wildman–Crippen MR) is 77.8 cm³/mol. The first-order valence-electron chi connectivity index (χ1n) is 7.14. The van der Waals surface area contributed by atoms with E-state index in [9.17, 15) is 5.11 Å². The Bertz CT molecular complexity index is 332. The highest BCUT2D eigenvalue weighted by Gasteiger charge is 2.10. The van der Waals surface area contributed by atoms with Gasteiger partial charge in [0.1, 0.15) is 0 Å². The summed E-state index contributed by atoms with van der Waals surface area (Å²) in [6.45, 7) is 9.73. The molecule has 2 nitrogen and oxygen atoms in total. The molecule has 18 heavy (non-hydrogen) atoms. The second-order valence-electron chi connectivity index (χ2n) is 5.06. The first-order chi connectivity index (χ1) is 8.67. The summed E-state index contributed by atoms with van der Waals surface area (Å²) in [5, 5.41) is 10.2. The molecule has 0 heterocycles. The molecule has 0 fully saturated rings. The van der Waals surface area contributed by atoms with Gasteiger partial charge in [-0.25, -0.2) is 0 Å². The summed E-state index contributed by atoms with van der Waals surface area (Å²) in [6.07, 6.45) is 2.85. The Labute approximate surface area is 112 Å². The molecular formula is C16H27NO. The predicted octanol–water partition coefficient (Wildman–Crippen LogP) is 3.54. The standard InChI is InChI=1S/C16H27NO/c1-4-10-17(11-5-2)12-9-16(18)15-8-6-7-14(3)13-15/h6-8,13,16,18H,4-5,9-12H2,1-3H3. The molecule has 1 atom stereocenters. The fraction of sp³-hybridized carbons (Fsp3) is 0.625. The quantitative estimate of drug-likeness (QED) is 0.761. The fourth-order valence-corrected chi connectivity index (χ4v) is 2.32. The molecule has 1 rings (SSSR count). The van der Waals surface area contributed by atoms with Crippen LogP contribution < -0.4 is 0 Å². The van der Waals surface area contributed by atoms with Gasteiger partial charge in [-0.15, -0.1) is 0 Å². The van der Waals surface area contributed by atoms with Gasteiger partial charge in [0.2, 0.25) is 0 Å². The van der Waals surface area contributed by atoms with E-state index in [1.165, 1.54) is 18.4 Å². The van der Waals surface area contributed by atoms with E-state index in [1.807, 2.05) is 12.1 Å². The average molecular weight is 249 g/mol. The van der Waals surface area contributed by atoms with Crippen molar-refractivity contribution in [3.05, 3.63) is 35.4 Å². The number of hydrogen-bond acceptors (Lipinski definition) is 2. The van der Waals surface area contributed by atoms with Crippen molar-refractivity contribution >= 4 is 0 Å². The van der Waals surface area contributed by atoms with Crippen LogP contribution in [0.3, 0.4) is 0 Å². The highest BCUT2D eigenvalue weighted by Crippen LogP contribution is 2.18.